The van der Waals surface area contributed by atoms with Gasteiger partial charge in [0.25, 0.3) is 0 Å². The van der Waals surface area contributed by atoms with Crippen molar-refractivity contribution in [2.75, 3.05) is 6.61 Å². The summed E-state index contributed by atoms with van der Waals surface area (Å²) >= 11 is 0. The van der Waals surface area contributed by atoms with E-state index in [4.69, 9.17) is 4.74 Å². The fourth-order valence-corrected chi connectivity index (χ4v) is 3.36. The molecule has 2 unspecified atom stereocenters. The van der Waals surface area contributed by atoms with Gasteiger partial charge in [0.2, 0.25) is 0 Å². The summed E-state index contributed by atoms with van der Waals surface area (Å²) in [6, 6.07) is 0. The number of ketones is 1. The van der Waals surface area contributed by atoms with E-state index in [0.29, 0.717) is 37.7 Å². The molecule has 0 aromatic heterocycles. The summed E-state index contributed by atoms with van der Waals surface area (Å²) in [6.45, 7) is 8.65. The highest BCUT2D eigenvalue weighted by Gasteiger charge is 2.48. The van der Waals surface area contributed by atoms with Crippen LogP contribution in [-0.4, -0.2) is 18.4 Å². The SMILES string of the molecule is CCOC(=O)C1(CC(C)CC(C)C)CCCCC1=O. The Morgan fingerprint density at radius 3 is 2.53 bits per heavy atom. The molecule has 0 N–H and O–H groups in total. The van der Waals surface area contributed by atoms with Gasteiger partial charge in [-0.3, -0.25) is 9.59 Å². The fraction of sp³-hybridized carbons (Fsp3) is 0.875. The van der Waals surface area contributed by atoms with E-state index in [9.17, 15) is 9.59 Å². The molecule has 1 aliphatic carbocycles. The predicted octanol–water partition coefficient (Wildman–Crippen LogP) is 3.75. The molecule has 0 amide bonds. The third-order valence-electron chi connectivity index (χ3n) is 4.03. The van der Waals surface area contributed by atoms with Crippen molar-refractivity contribution in [1.82, 2.24) is 0 Å². The van der Waals surface area contributed by atoms with Crippen molar-refractivity contribution in [3.05, 3.63) is 0 Å². The Kier molecular flexibility index (Phi) is 6.02. The first-order valence-corrected chi connectivity index (χ1v) is 7.63. The summed E-state index contributed by atoms with van der Waals surface area (Å²) in [4.78, 5) is 24.7. The number of esters is 1. The number of rotatable bonds is 6. The molecule has 19 heavy (non-hydrogen) atoms. The molecule has 0 radical (unpaired) electrons. The highest BCUT2D eigenvalue weighted by molar-refractivity contribution is 6.04. The van der Waals surface area contributed by atoms with E-state index in [1.807, 2.05) is 0 Å². The molecule has 1 fully saturated rings. The molecular weight excluding hydrogens is 240 g/mol. The van der Waals surface area contributed by atoms with Crippen LogP contribution < -0.4 is 0 Å². The molecule has 0 heterocycles. The number of ether oxygens (including phenoxy) is 1. The van der Waals surface area contributed by atoms with Gasteiger partial charge in [0.05, 0.1) is 6.61 Å². The maximum Gasteiger partial charge on any atom is 0.319 e. The number of Topliss-reactive ketones (excluding diaryl/α,β-unsaturated/α-hetero) is 1. The van der Waals surface area contributed by atoms with Gasteiger partial charge in [0, 0.05) is 6.42 Å². The monoisotopic (exact) mass is 268 g/mol. The fourth-order valence-electron chi connectivity index (χ4n) is 3.36. The summed E-state index contributed by atoms with van der Waals surface area (Å²) < 4.78 is 5.20. The normalized spacial score (nSPS) is 25.4. The number of carbonyl (C=O) groups is 2. The van der Waals surface area contributed by atoms with Crippen LogP contribution in [-0.2, 0) is 14.3 Å². The Bertz CT molecular complexity index is 322. The van der Waals surface area contributed by atoms with E-state index < -0.39 is 5.41 Å². The quantitative estimate of drug-likeness (QED) is 0.544. The lowest BCUT2D eigenvalue weighted by Crippen LogP contribution is -2.44. The van der Waals surface area contributed by atoms with Crippen molar-refractivity contribution in [2.24, 2.45) is 17.3 Å². The van der Waals surface area contributed by atoms with Gasteiger partial charge in [0.15, 0.2) is 0 Å². The highest BCUT2D eigenvalue weighted by Crippen LogP contribution is 2.41. The zero-order chi connectivity index (χ0) is 14.5. The van der Waals surface area contributed by atoms with Crippen LogP contribution in [0.2, 0.25) is 0 Å². The molecule has 3 nitrogen and oxygen atoms in total. The largest absolute Gasteiger partial charge is 0.465 e. The smallest absolute Gasteiger partial charge is 0.319 e. The van der Waals surface area contributed by atoms with Gasteiger partial charge in [-0.25, -0.2) is 0 Å². The molecular formula is C16H28O3. The van der Waals surface area contributed by atoms with Crippen molar-refractivity contribution in [3.63, 3.8) is 0 Å². The van der Waals surface area contributed by atoms with Crippen molar-refractivity contribution in [2.45, 2.75) is 66.2 Å². The Morgan fingerprint density at radius 2 is 2.00 bits per heavy atom. The first-order valence-electron chi connectivity index (χ1n) is 7.63. The second kappa shape index (κ2) is 7.06. The first kappa shape index (κ1) is 16.2. The van der Waals surface area contributed by atoms with Gasteiger partial charge in [-0.1, -0.05) is 27.2 Å². The van der Waals surface area contributed by atoms with Crippen LogP contribution in [0.15, 0.2) is 0 Å². The lowest BCUT2D eigenvalue weighted by molar-refractivity contribution is -0.163. The van der Waals surface area contributed by atoms with E-state index in [-0.39, 0.29) is 11.8 Å². The van der Waals surface area contributed by atoms with Crippen LogP contribution in [0.5, 0.6) is 0 Å². The minimum atomic E-state index is -0.845. The second-order valence-electron chi connectivity index (χ2n) is 6.37. The van der Waals surface area contributed by atoms with Gasteiger partial charge in [-0.2, -0.15) is 0 Å². The van der Waals surface area contributed by atoms with Crippen LogP contribution in [0.25, 0.3) is 0 Å². The number of carbonyl (C=O) groups excluding carboxylic acids is 2. The van der Waals surface area contributed by atoms with Gasteiger partial charge in [-0.15, -0.1) is 0 Å². The summed E-state index contributed by atoms with van der Waals surface area (Å²) in [5, 5.41) is 0. The Balaban J connectivity index is 2.85. The predicted molar refractivity (Wildman–Crippen MR) is 75.8 cm³/mol. The molecule has 3 heteroatoms. The third-order valence-corrected chi connectivity index (χ3v) is 4.03. The van der Waals surface area contributed by atoms with E-state index in [1.54, 1.807) is 6.92 Å². The molecule has 0 aromatic carbocycles. The molecule has 1 rings (SSSR count). The van der Waals surface area contributed by atoms with Crippen molar-refractivity contribution < 1.29 is 14.3 Å². The minimum Gasteiger partial charge on any atom is -0.465 e. The number of hydrogen-bond acceptors (Lipinski definition) is 3. The summed E-state index contributed by atoms with van der Waals surface area (Å²) in [5.41, 5.74) is -0.845. The molecule has 0 aromatic rings. The van der Waals surface area contributed by atoms with Crippen molar-refractivity contribution in [1.29, 1.82) is 0 Å². The Labute approximate surface area is 117 Å². The molecule has 0 bridgehead atoms. The second-order valence-corrected chi connectivity index (χ2v) is 6.37. The topological polar surface area (TPSA) is 43.4 Å². The Morgan fingerprint density at radius 1 is 1.32 bits per heavy atom. The number of hydrogen-bond donors (Lipinski definition) is 0. The van der Waals surface area contributed by atoms with Gasteiger partial charge in [0.1, 0.15) is 11.2 Å². The van der Waals surface area contributed by atoms with Crippen LogP contribution in [0, 0.1) is 17.3 Å². The van der Waals surface area contributed by atoms with Crippen LogP contribution >= 0.6 is 0 Å². The molecule has 0 saturated heterocycles. The summed E-state index contributed by atoms with van der Waals surface area (Å²) in [6.07, 6.45) is 4.79. The van der Waals surface area contributed by atoms with Gasteiger partial charge in [-0.05, 0) is 44.4 Å². The summed E-state index contributed by atoms with van der Waals surface area (Å²) in [5.74, 6) is 0.794. The summed E-state index contributed by atoms with van der Waals surface area (Å²) in [7, 11) is 0. The average Bonchev–Trinajstić information content (AvgIpc) is 2.31. The standard InChI is InChI=1S/C16H28O3/c1-5-19-15(18)16(9-7-6-8-14(16)17)11-13(4)10-12(2)3/h12-13H,5-11H2,1-4H3. The van der Waals surface area contributed by atoms with E-state index >= 15 is 0 Å². The Hall–Kier alpha value is -0.860. The van der Waals surface area contributed by atoms with Gasteiger partial charge >= 0.3 is 5.97 Å². The van der Waals surface area contributed by atoms with Crippen molar-refractivity contribution in [3.8, 4) is 0 Å². The molecule has 110 valence electrons. The van der Waals surface area contributed by atoms with Gasteiger partial charge < -0.3 is 4.74 Å². The maximum absolute atomic E-state index is 12.4. The first-order chi connectivity index (χ1) is 8.92. The molecule has 1 aliphatic rings. The lowest BCUT2D eigenvalue weighted by atomic mass is 9.67. The zero-order valence-electron chi connectivity index (χ0n) is 12.8. The molecule has 2 atom stereocenters. The maximum atomic E-state index is 12.4. The molecule has 0 spiro atoms. The van der Waals surface area contributed by atoms with E-state index in [2.05, 4.69) is 20.8 Å². The van der Waals surface area contributed by atoms with Crippen molar-refractivity contribution >= 4 is 11.8 Å². The van der Waals surface area contributed by atoms with E-state index in [0.717, 1.165) is 19.3 Å². The zero-order valence-corrected chi connectivity index (χ0v) is 12.8. The molecule has 1 saturated carbocycles. The molecule has 0 aliphatic heterocycles. The minimum absolute atomic E-state index is 0.104. The highest BCUT2D eigenvalue weighted by atomic mass is 16.5. The third kappa shape index (κ3) is 4.05. The van der Waals surface area contributed by atoms with Crippen LogP contribution in [0.3, 0.4) is 0 Å². The van der Waals surface area contributed by atoms with E-state index in [1.165, 1.54) is 0 Å². The van der Waals surface area contributed by atoms with Crippen LogP contribution in [0.4, 0.5) is 0 Å². The lowest BCUT2D eigenvalue weighted by Gasteiger charge is -2.35. The average molecular weight is 268 g/mol. The van der Waals surface area contributed by atoms with Crippen LogP contribution in [0.1, 0.15) is 66.2 Å².